The average Bonchev–Trinajstić information content (AvgIpc) is 2.83. The van der Waals surface area contributed by atoms with Crippen molar-refractivity contribution >= 4 is 5.97 Å². The van der Waals surface area contributed by atoms with Gasteiger partial charge in [0.2, 0.25) is 0 Å². The molecule has 3 aliphatic rings. The van der Waals surface area contributed by atoms with Gasteiger partial charge in [0, 0.05) is 5.92 Å². The second-order valence-electron chi connectivity index (χ2n) is 7.16. The summed E-state index contributed by atoms with van der Waals surface area (Å²) >= 11 is 0. The van der Waals surface area contributed by atoms with Crippen LogP contribution in [-0.4, -0.2) is 31.6 Å². The quantitative estimate of drug-likeness (QED) is 0.576. The minimum absolute atomic E-state index is 0.152. The first-order valence-electron chi connectivity index (χ1n) is 7.56. The van der Waals surface area contributed by atoms with Crippen LogP contribution in [-0.2, 0) is 19.0 Å². The largest absolute Gasteiger partial charge is 0.465 e. The van der Waals surface area contributed by atoms with Crippen molar-refractivity contribution < 1.29 is 19.0 Å². The van der Waals surface area contributed by atoms with E-state index in [0.717, 1.165) is 12.8 Å². The highest BCUT2D eigenvalue weighted by atomic mass is 16.7. The molecule has 3 rings (SSSR count). The van der Waals surface area contributed by atoms with Crippen molar-refractivity contribution in [2.24, 2.45) is 23.2 Å². The zero-order valence-electron chi connectivity index (χ0n) is 12.5. The van der Waals surface area contributed by atoms with Crippen LogP contribution in [0.2, 0.25) is 0 Å². The zero-order valence-corrected chi connectivity index (χ0v) is 12.5. The fourth-order valence-electron chi connectivity index (χ4n) is 3.46. The monoisotopic (exact) mass is 280 g/mol. The van der Waals surface area contributed by atoms with E-state index in [1.54, 1.807) is 0 Å². The molecule has 20 heavy (non-hydrogen) atoms. The van der Waals surface area contributed by atoms with Crippen LogP contribution >= 0.6 is 0 Å². The van der Waals surface area contributed by atoms with Crippen LogP contribution in [0.25, 0.3) is 0 Å². The Morgan fingerprint density at radius 1 is 1.25 bits per heavy atom. The number of fused-ring (bicyclic) bond motifs is 4. The third-order valence-electron chi connectivity index (χ3n) is 4.66. The van der Waals surface area contributed by atoms with Crippen LogP contribution in [0, 0.1) is 23.2 Å². The summed E-state index contributed by atoms with van der Waals surface area (Å²) in [6, 6.07) is 0. The highest BCUT2D eigenvalue weighted by molar-refractivity contribution is 5.75. The number of rotatable bonds is 2. The van der Waals surface area contributed by atoms with Gasteiger partial charge in [-0.3, -0.25) is 4.79 Å². The van der Waals surface area contributed by atoms with Gasteiger partial charge in [-0.1, -0.05) is 12.2 Å². The molecule has 1 aliphatic carbocycles. The smallest absolute Gasteiger partial charge is 0.311 e. The number of hydrogen-bond donors (Lipinski definition) is 0. The molecule has 0 spiro atoms. The van der Waals surface area contributed by atoms with Crippen molar-refractivity contribution in [3.63, 3.8) is 0 Å². The maximum atomic E-state index is 12.0. The van der Waals surface area contributed by atoms with Crippen LogP contribution in [0.5, 0.6) is 0 Å². The lowest BCUT2D eigenvalue weighted by Gasteiger charge is -2.42. The highest BCUT2D eigenvalue weighted by Crippen LogP contribution is 2.45. The molecule has 2 bridgehead atoms. The molecule has 0 radical (unpaired) electrons. The minimum Gasteiger partial charge on any atom is -0.465 e. The van der Waals surface area contributed by atoms with Gasteiger partial charge in [-0.05, 0) is 45.4 Å². The highest BCUT2D eigenvalue weighted by Gasteiger charge is 2.50. The number of carbonyl (C=O) groups excluding carboxylic acids is 1. The summed E-state index contributed by atoms with van der Waals surface area (Å²) in [6.07, 6.45) is 6.61. The summed E-state index contributed by atoms with van der Waals surface area (Å²) in [6.45, 7) is 6.72. The molecule has 2 saturated heterocycles. The van der Waals surface area contributed by atoms with E-state index in [1.807, 2.05) is 20.8 Å². The molecule has 0 aromatic carbocycles. The predicted octanol–water partition coefficient (Wildman–Crippen LogP) is 2.53. The lowest BCUT2D eigenvalue weighted by molar-refractivity contribution is -0.186. The summed E-state index contributed by atoms with van der Waals surface area (Å²) in [5.41, 5.74) is -0.458. The van der Waals surface area contributed by atoms with E-state index in [1.165, 1.54) is 0 Å². The Morgan fingerprint density at radius 3 is 2.65 bits per heavy atom. The summed E-state index contributed by atoms with van der Waals surface area (Å²) in [7, 11) is 0. The fourth-order valence-corrected chi connectivity index (χ4v) is 3.46. The van der Waals surface area contributed by atoms with Gasteiger partial charge in [-0.2, -0.15) is 0 Å². The molecule has 5 atom stereocenters. The van der Waals surface area contributed by atoms with E-state index in [4.69, 9.17) is 14.2 Å². The molecule has 2 aliphatic heterocycles. The van der Waals surface area contributed by atoms with E-state index in [2.05, 4.69) is 12.2 Å². The lowest BCUT2D eigenvalue weighted by Crippen LogP contribution is -2.46. The predicted molar refractivity (Wildman–Crippen MR) is 73.9 cm³/mol. The van der Waals surface area contributed by atoms with Gasteiger partial charge >= 0.3 is 5.97 Å². The van der Waals surface area contributed by atoms with Gasteiger partial charge in [-0.15, -0.1) is 0 Å². The van der Waals surface area contributed by atoms with Crippen molar-refractivity contribution in [1.82, 2.24) is 0 Å². The van der Waals surface area contributed by atoms with Gasteiger partial charge in [0.1, 0.15) is 0 Å². The molecule has 0 aromatic rings. The van der Waals surface area contributed by atoms with E-state index in [0.29, 0.717) is 25.0 Å². The first-order valence-corrected chi connectivity index (χ1v) is 7.56. The lowest BCUT2D eigenvalue weighted by atomic mass is 9.71. The van der Waals surface area contributed by atoms with E-state index in [9.17, 15) is 4.79 Å². The van der Waals surface area contributed by atoms with Gasteiger partial charge in [0.15, 0.2) is 6.29 Å². The van der Waals surface area contributed by atoms with Gasteiger partial charge < -0.3 is 14.2 Å². The van der Waals surface area contributed by atoms with Crippen LogP contribution in [0.15, 0.2) is 12.2 Å². The van der Waals surface area contributed by atoms with Crippen molar-refractivity contribution in [3.05, 3.63) is 12.2 Å². The number of allylic oxidation sites excluding steroid dienone is 2. The molecule has 2 heterocycles. The van der Waals surface area contributed by atoms with Gasteiger partial charge in [0.05, 0.1) is 24.7 Å². The standard InChI is InChI=1S/C16H24O4/c1-16(2,3)15(17)19-8-12-10-6-4-5-7-11(10)13-9-18-14(12)20-13/h4-5,10-14H,6-9H2,1-3H3/t10-,11+,12-,13-,14-/m1/s1. The molecule has 2 fully saturated rings. The normalized spacial score (nSPS) is 39.5. The van der Waals surface area contributed by atoms with Gasteiger partial charge in [-0.25, -0.2) is 0 Å². The Labute approximate surface area is 120 Å². The van der Waals surface area contributed by atoms with E-state index in [-0.39, 0.29) is 24.3 Å². The number of hydrogen-bond acceptors (Lipinski definition) is 4. The topological polar surface area (TPSA) is 44.8 Å². The average molecular weight is 280 g/mol. The summed E-state index contributed by atoms with van der Waals surface area (Å²) in [5, 5.41) is 0. The fraction of sp³-hybridized carbons (Fsp3) is 0.812. The van der Waals surface area contributed by atoms with Crippen molar-refractivity contribution in [2.45, 2.75) is 46.0 Å². The Kier molecular flexibility index (Phi) is 3.63. The number of carbonyl (C=O) groups is 1. The number of ether oxygens (including phenoxy) is 3. The Hall–Kier alpha value is -0.870. The number of esters is 1. The Balaban J connectivity index is 1.68. The first-order chi connectivity index (χ1) is 9.47. The molecule has 4 nitrogen and oxygen atoms in total. The Morgan fingerprint density at radius 2 is 1.95 bits per heavy atom. The molecular weight excluding hydrogens is 256 g/mol. The second kappa shape index (κ2) is 5.15. The minimum atomic E-state index is -0.458. The molecular formula is C16H24O4. The first kappa shape index (κ1) is 14.1. The maximum Gasteiger partial charge on any atom is 0.311 e. The van der Waals surface area contributed by atoms with Gasteiger partial charge in [0.25, 0.3) is 0 Å². The van der Waals surface area contributed by atoms with Crippen molar-refractivity contribution in [3.8, 4) is 0 Å². The third kappa shape index (κ3) is 2.51. The maximum absolute atomic E-state index is 12.0. The van der Waals surface area contributed by atoms with Crippen LogP contribution in [0.3, 0.4) is 0 Å². The summed E-state index contributed by atoms with van der Waals surface area (Å²) in [4.78, 5) is 12.0. The molecule has 0 unspecified atom stereocenters. The van der Waals surface area contributed by atoms with Crippen LogP contribution in [0.1, 0.15) is 33.6 Å². The van der Waals surface area contributed by atoms with E-state index >= 15 is 0 Å². The summed E-state index contributed by atoms with van der Waals surface area (Å²) in [5.74, 6) is 1.03. The van der Waals surface area contributed by atoms with E-state index < -0.39 is 5.41 Å². The Bertz CT molecular complexity index is 409. The second-order valence-corrected chi connectivity index (χ2v) is 7.16. The summed E-state index contributed by atoms with van der Waals surface area (Å²) < 4.78 is 17.2. The van der Waals surface area contributed by atoms with Crippen LogP contribution in [0.4, 0.5) is 0 Å². The van der Waals surface area contributed by atoms with Crippen molar-refractivity contribution in [1.29, 1.82) is 0 Å². The zero-order chi connectivity index (χ0) is 14.3. The molecule has 4 heteroatoms. The van der Waals surface area contributed by atoms with Crippen molar-refractivity contribution in [2.75, 3.05) is 13.2 Å². The third-order valence-corrected chi connectivity index (χ3v) is 4.66. The SMILES string of the molecule is CC(C)(C)C(=O)OC[C@H]1[C@@H]2OC[C@@H](O2)[C@H]2CC=CC[C@@H]12. The molecule has 112 valence electrons. The molecule has 0 amide bonds. The molecule has 0 aromatic heterocycles. The molecule has 0 saturated carbocycles. The van der Waals surface area contributed by atoms with Crippen LogP contribution < -0.4 is 0 Å². The molecule has 0 N–H and O–H groups in total.